The van der Waals surface area contributed by atoms with Crippen LogP contribution in [0.1, 0.15) is 11.1 Å². The molecule has 5 N–H and O–H groups in total. The maximum atomic E-state index is 6.17. The molecule has 46 heavy (non-hydrogen) atoms. The summed E-state index contributed by atoms with van der Waals surface area (Å²) in [6.07, 6.45) is 0. The van der Waals surface area contributed by atoms with Gasteiger partial charge in [0.05, 0.1) is 5.56 Å². The fourth-order valence-corrected chi connectivity index (χ4v) is 5.61. The van der Waals surface area contributed by atoms with Gasteiger partial charge in [0.2, 0.25) is 27.8 Å². The minimum atomic E-state index is 0. The van der Waals surface area contributed by atoms with E-state index in [0.29, 0.717) is 0 Å². The summed E-state index contributed by atoms with van der Waals surface area (Å²) < 4.78 is 2.17. The Hall–Kier alpha value is -5.30. The van der Waals surface area contributed by atoms with Crippen LogP contribution in [-0.4, -0.2) is 9.97 Å². The van der Waals surface area contributed by atoms with Crippen molar-refractivity contribution in [2.45, 2.75) is 13.8 Å². The number of nitrogens with one attached hydrogen (secondary N) is 1. The standard InChI is InChI=1S/C20H18N4.C18H12N2.2ClH/c1-12-8-17-19(10-15(12)21)24(14-6-4-3-5-7-14)20-11-16(22)13(2)9-18(20)23-17;1-2-7-13(8-3-1)14-9-6-12-17-18(14)20-16-11-5-4-10-15(16)19-17;;/h3-11H,1-2H3,(H3,21,22);1-12H;2*1H. The number of nitrogens with two attached hydrogens (primary N) is 2. The summed E-state index contributed by atoms with van der Waals surface area (Å²) in [5, 5.41) is 0. The Morgan fingerprint density at radius 1 is 0.543 bits per heavy atom. The normalized spacial score (nSPS) is 10.7. The van der Waals surface area contributed by atoms with Crippen molar-refractivity contribution in [1.82, 2.24) is 9.97 Å². The number of para-hydroxylation sites is 4. The first-order valence-electron chi connectivity index (χ1n) is 14.6. The van der Waals surface area contributed by atoms with Crippen molar-refractivity contribution in [1.29, 1.82) is 0 Å². The fourth-order valence-electron chi connectivity index (χ4n) is 5.61. The van der Waals surface area contributed by atoms with Crippen LogP contribution in [-0.2, 0) is 0 Å². The van der Waals surface area contributed by atoms with Gasteiger partial charge in [-0.1, -0.05) is 66.7 Å². The predicted molar refractivity (Wildman–Crippen MR) is 180 cm³/mol. The molecule has 0 unspecified atom stereocenters. The summed E-state index contributed by atoms with van der Waals surface area (Å²) in [6, 6.07) is 43.0. The molecular weight excluding hydrogens is 611 g/mol. The molecule has 0 fully saturated rings. The molecule has 0 saturated carbocycles. The lowest BCUT2D eigenvalue weighted by atomic mass is 10.0. The van der Waals surface area contributed by atoms with E-state index in [1.165, 1.54) is 11.1 Å². The van der Waals surface area contributed by atoms with Gasteiger partial charge in [-0.25, -0.2) is 15.0 Å². The predicted octanol–water partition coefficient (Wildman–Crippen LogP) is 1.32. The third kappa shape index (κ3) is 6.01. The summed E-state index contributed by atoms with van der Waals surface area (Å²) >= 11 is 0. The van der Waals surface area contributed by atoms with E-state index in [9.17, 15) is 0 Å². The first kappa shape index (κ1) is 32.1. The number of hydrogen-bond acceptors (Lipinski definition) is 4. The molecule has 0 saturated heterocycles. The highest BCUT2D eigenvalue weighted by Crippen LogP contribution is 2.26. The van der Waals surface area contributed by atoms with Crippen LogP contribution < -0.4 is 45.8 Å². The maximum Gasteiger partial charge on any atom is 0.239 e. The molecule has 2 heterocycles. The van der Waals surface area contributed by atoms with Gasteiger partial charge >= 0.3 is 0 Å². The Kier molecular flexibility index (Phi) is 9.33. The van der Waals surface area contributed by atoms with E-state index in [2.05, 4.69) is 64.1 Å². The molecule has 8 rings (SSSR count). The minimum absolute atomic E-state index is 0. The number of rotatable bonds is 2. The number of fused-ring (bicyclic) bond motifs is 4. The lowest BCUT2D eigenvalue weighted by molar-refractivity contribution is -0.538. The highest BCUT2D eigenvalue weighted by atomic mass is 35.5. The number of anilines is 2. The molecule has 0 radical (unpaired) electrons. The SMILES string of the molecule is Cc1cc2nc3cc(C)c(N)cc3[n+](-c3ccccc3)c2cc1N.[Cl-].[Cl-].c1ccc(-c2cccc3nc4ccccc4[nH+]c23)cc1. The van der Waals surface area contributed by atoms with Crippen molar-refractivity contribution in [3.05, 3.63) is 139 Å². The van der Waals surface area contributed by atoms with Crippen LogP contribution in [0.2, 0.25) is 0 Å². The number of aryl methyl sites for hydroxylation is 2. The average Bonchev–Trinajstić information content (AvgIpc) is 3.05. The lowest BCUT2D eigenvalue weighted by Gasteiger charge is -2.09. The molecule has 8 aromatic rings. The molecule has 228 valence electrons. The van der Waals surface area contributed by atoms with Crippen molar-refractivity contribution in [3.8, 4) is 16.8 Å². The van der Waals surface area contributed by atoms with Gasteiger partial charge in [0.15, 0.2) is 0 Å². The van der Waals surface area contributed by atoms with Crippen LogP contribution in [0.3, 0.4) is 0 Å². The van der Waals surface area contributed by atoms with Gasteiger partial charge in [0.1, 0.15) is 22.1 Å². The van der Waals surface area contributed by atoms with E-state index in [1.807, 2.05) is 86.6 Å². The first-order chi connectivity index (χ1) is 21.5. The molecular formula is C38H32Cl2N6. The van der Waals surface area contributed by atoms with Gasteiger partial charge < -0.3 is 36.3 Å². The minimum Gasteiger partial charge on any atom is -1.00 e. The molecule has 0 aliphatic carbocycles. The van der Waals surface area contributed by atoms with E-state index in [4.69, 9.17) is 21.4 Å². The molecule has 0 aliphatic heterocycles. The third-order valence-electron chi connectivity index (χ3n) is 8.00. The highest BCUT2D eigenvalue weighted by molar-refractivity contribution is 5.92. The van der Waals surface area contributed by atoms with Gasteiger partial charge in [-0.15, -0.1) is 4.57 Å². The molecule has 0 amide bonds. The van der Waals surface area contributed by atoms with Gasteiger partial charge in [0.25, 0.3) is 0 Å². The summed E-state index contributed by atoms with van der Waals surface area (Å²) in [7, 11) is 0. The van der Waals surface area contributed by atoms with E-state index in [0.717, 1.165) is 72.3 Å². The second kappa shape index (κ2) is 13.4. The van der Waals surface area contributed by atoms with Crippen molar-refractivity contribution in [2.75, 3.05) is 11.5 Å². The smallest absolute Gasteiger partial charge is 0.239 e. The number of nitrogens with zero attached hydrogens (tertiary/aromatic N) is 3. The largest absolute Gasteiger partial charge is 1.00 e. The molecule has 0 aliphatic rings. The van der Waals surface area contributed by atoms with Crippen molar-refractivity contribution >= 4 is 55.5 Å². The van der Waals surface area contributed by atoms with E-state index >= 15 is 0 Å². The Labute approximate surface area is 279 Å². The molecule has 6 nitrogen and oxygen atoms in total. The zero-order valence-electron chi connectivity index (χ0n) is 25.4. The second-order valence-corrected chi connectivity index (χ2v) is 11.0. The van der Waals surface area contributed by atoms with Gasteiger partial charge in [-0.05, 0) is 60.9 Å². The second-order valence-electron chi connectivity index (χ2n) is 11.0. The zero-order chi connectivity index (χ0) is 30.2. The Balaban J connectivity index is 0.000000176. The Morgan fingerprint density at radius 2 is 1.07 bits per heavy atom. The average molecular weight is 644 g/mol. The number of nitrogen functional groups attached to an aromatic ring is 2. The van der Waals surface area contributed by atoms with Crippen LogP contribution in [0.4, 0.5) is 11.4 Å². The van der Waals surface area contributed by atoms with Crippen LogP contribution in [0.25, 0.3) is 60.9 Å². The summed E-state index contributed by atoms with van der Waals surface area (Å²) in [4.78, 5) is 13.1. The fraction of sp³-hybridized carbons (Fsp3) is 0.0526. The number of hydrogen-bond donors (Lipinski definition) is 2. The van der Waals surface area contributed by atoms with E-state index in [-0.39, 0.29) is 24.8 Å². The quantitative estimate of drug-likeness (QED) is 0.169. The molecule has 0 spiro atoms. The van der Waals surface area contributed by atoms with E-state index in [1.54, 1.807) is 0 Å². The summed E-state index contributed by atoms with van der Waals surface area (Å²) in [5.74, 6) is 0. The van der Waals surface area contributed by atoms with Crippen LogP contribution in [0.15, 0.2) is 127 Å². The number of halogens is 2. The topological polar surface area (TPSA) is 95.8 Å². The number of H-pyrrole nitrogens is 1. The van der Waals surface area contributed by atoms with Crippen LogP contribution >= 0.6 is 0 Å². The molecule has 0 atom stereocenters. The van der Waals surface area contributed by atoms with Crippen molar-refractivity contribution in [2.24, 2.45) is 0 Å². The van der Waals surface area contributed by atoms with Crippen LogP contribution in [0.5, 0.6) is 0 Å². The number of benzene rings is 6. The number of aromatic nitrogens is 4. The third-order valence-corrected chi connectivity index (χ3v) is 8.00. The molecule has 2 aromatic heterocycles. The monoisotopic (exact) mass is 642 g/mol. The van der Waals surface area contributed by atoms with Gasteiger partial charge in [0, 0.05) is 41.7 Å². The van der Waals surface area contributed by atoms with Crippen molar-refractivity contribution in [3.63, 3.8) is 0 Å². The maximum absolute atomic E-state index is 6.17. The van der Waals surface area contributed by atoms with E-state index < -0.39 is 0 Å². The zero-order valence-corrected chi connectivity index (χ0v) is 26.9. The Morgan fingerprint density at radius 3 is 1.70 bits per heavy atom. The molecule has 0 bridgehead atoms. The lowest BCUT2D eigenvalue weighted by Crippen LogP contribution is -3.00. The van der Waals surface area contributed by atoms with Gasteiger partial charge in [-0.2, -0.15) is 0 Å². The summed E-state index contributed by atoms with van der Waals surface area (Å²) in [5.41, 5.74) is 27.2. The Bertz CT molecular complexity index is 2260. The molecule has 6 aromatic carbocycles. The summed E-state index contributed by atoms with van der Waals surface area (Å²) in [6.45, 7) is 4.00. The van der Waals surface area contributed by atoms with Crippen LogP contribution in [0, 0.1) is 13.8 Å². The first-order valence-corrected chi connectivity index (χ1v) is 14.6. The number of aromatic amines is 1. The van der Waals surface area contributed by atoms with Gasteiger partial charge in [-0.3, -0.25) is 0 Å². The highest BCUT2D eigenvalue weighted by Gasteiger charge is 2.21. The molecule has 8 heteroatoms. The van der Waals surface area contributed by atoms with Crippen molar-refractivity contribution < 1.29 is 34.4 Å².